The summed E-state index contributed by atoms with van der Waals surface area (Å²) < 4.78 is 5.81. The SMILES string of the molecule is C[C](C)Cc1cccc(OCc2ccccc2)c1. The van der Waals surface area contributed by atoms with Crippen molar-refractivity contribution in [2.75, 3.05) is 0 Å². The molecule has 2 aromatic carbocycles. The van der Waals surface area contributed by atoms with Crippen molar-refractivity contribution in [1.29, 1.82) is 0 Å². The quantitative estimate of drug-likeness (QED) is 0.750. The summed E-state index contributed by atoms with van der Waals surface area (Å²) in [5.74, 6) is 2.35. The first-order chi connectivity index (χ1) is 8.74. The van der Waals surface area contributed by atoms with Crippen LogP contribution in [0.1, 0.15) is 25.0 Å². The van der Waals surface area contributed by atoms with E-state index in [0.717, 1.165) is 12.2 Å². The Labute approximate surface area is 109 Å². The molecule has 0 aliphatic heterocycles. The van der Waals surface area contributed by atoms with Gasteiger partial charge in [0, 0.05) is 0 Å². The standard InChI is InChI=1S/C17H19O/c1-14(2)11-16-9-6-10-17(12-16)18-13-15-7-4-3-5-8-15/h3-10,12H,11,13H2,1-2H3. The molecule has 93 valence electrons. The highest BCUT2D eigenvalue weighted by Crippen LogP contribution is 2.18. The molecular formula is C17H19O. The van der Waals surface area contributed by atoms with E-state index in [0.29, 0.717) is 6.61 Å². The molecule has 0 atom stereocenters. The summed E-state index contributed by atoms with van der Waals surface area (Å²) in [5.41, 5.74) is 2.50. The zero-order valence-corrected chi connectivity index (χ0v) is 11.0. The molecule has 0 unspecified atom stereocenters. The van der Waals surface area contributed by atoms with Crippen LogP contribution >= 0.6 is 0 Å². The number of benzene rings is 2. The lowest BCUT2D eigenvalue weighted by atomic mass is 10.0. The lowest BCUT2D eigenvalue weighted by Gasteiger charge is -2.09. The van der Waals surface area contributed by atoms with Crippen LogP contribution in [0.3, 0.4) is 0 Å². The van der Waals surface area contributed by atoms with Gasteiger partial charge in [0.1, 0.15) is 12.4 Å². The first-order valence-electron chi connectivity index (χ1n) is 6.29. The van der Waals surface area contributed by atoms with Crippen LogP contribution in [0.4, 0.5) is 0 Å². The average molecular weight is 239 g/mol. The summed E-state index contributed by atoms with van der Waals surface area (Å²) in [6.45, 7) is 4.92. The molecule has 18 heavy (non-hydrogen) atoms. The van der Waals surface area contributed by atoms with E-state index in [1.54, 1.807) is 0 Å². The second-order valence-corrected chi connectivity index (χ2v) is 4.81. The molecular weight excluding hydrogens is 220 g/mol. The van der Waals surface area contributed by atoms with Crippen LogP contribution in [-0.2, 0) is 13.0 Å². The van der Waals surface area contributed by atoms with Crippen LogP contribution in [-0.4, -0.2) is 0 Å². The third kappa shape index (κ3) is 3.92. The molecule has 0 saturated heterocycles. The van der Waals surface area contributed by atoms with E-state index in [1.807, 2.05) is 24.3 Å². The Bertz CT molecular complexity index is 474. The van der Waals surface area contributed by atoms with Crippen molar-refractivity contribution in [3.05, 3.63) is 71.6 Å². The van der Waals surface area contributed by atoms with Gasteiger partial charge in [-0.1, -0.05) is 56.3 Å². The molecule has 0 fully saturated rings. The van der Waals surface area contributed by atoms with Gasteiger partial charge in [-0.3, -0.25) is 0 Å². The maximum Gasteiger partial charge on any atom is 0.120 e. The Hall–Kier alpha value is -1.76. The maximum atomic E-state index is 5.81. The molecule has 0 aliphatic rings. The maximum absolute atomic E-state index is 5.81. The topological polar surface area (TPSA) is 9.23 Å². The second-order valence-electron chi connectivity index (χ2n) is 4.81. The second kappa shape index (κ2) is 6.25. The van der Waals surface area contributed by atoms with Crippen molar-refractivity contribution >= 4 is 0 Å². The molecule has 1 heteroatoms. The average Bonchev–Trinajstić information content (AvgIpc) is 2.37. The van der Waals surface area contributed by atoms with E-state index in [4.69, 9.17) is 4.74 Å². The molecule has 0 aromatic heterocycles. The van der Waals surface area contributed by atoms with Crippen molar-refractivity contribution in [3.8, 4) is 5.75 Å². The summed E-state index contributed by atoms with van der Waals surface area (Å²) >= 11 is 0. The summed E-state index contributed by atoms with van der Waals surface area (Å²) in [4.78, 5) is 0. The Morgan fingerprint density at radius 3 is 2.33 bits per heavy atom. The third-order valence-electron chi connectivity index (χ3n) is 2.70. The zero-order valence-electron chi connectivity index (χ0n) is 11.0. The highest BCUT2D eigenvalue weighted by Gasteiger charge is 2.00. The summed E-state index contributed by atoms with van der Waals surface area (Å²) in [6, 6.07) is 18.6. The van der Waals surface area contributed by atoms with E-state index < -0.39 is 0 Å². The summed E-state index contributed by atoms with van der Waals surface area (Å²) in [7, 11) is 0. The minimum absolute atomic E-state index is 0.624. The largest absolute Gasteiger partial charge is 0.489 e. The van der Waals surface area contributed by atoms with Crippen LogP contribution in [0.2, 0.25) is 0 Å². The predicted molar refractivity (Wildman–Crippen MR) is 75.5 cm³/mol. The third-order valence-corrected chi connectivity index (χ3v) is 2.70. The van der Waals surface area contributed by atoms with Gasteiger partial charge in [-0.05, 0) is 35.6 Å². The highest BCUT2D eigenvalue weighted by atomic mass is 16.5. The zero-order chi connectivity index (χ0) is 12.8. The summed E-state index contributed by atoms with van der Waals surface area (Å²) in [5, 5.41) is 0. The van der Waals surface area contributed by atoms with E-state index in [1.165, 1.54) is 17.0 Å². The van der Waals surface area contributed by atoms with Crippen molar-refractivity contribution in [3.63, 3.8) is 0 Å². The fourth-order valence-corrected chi connectivity index (χ4v) is 1.89. The van der Waals surface area contributed by atoms with Crippen LogP contribution in [0.25, 0.3) is 0 Å². The van der Waals surface area contributed by atoms with Crippen molar-refractivity contribution in [2.45, 2.75) is 26.9 Å². The molecule has 1 nitrogen and oxygen atoms in total. The van der Waals surface area contributed by atoms with E-state index in [-0.39, 0.29) is 0 Å². The molecule has 0 bridgehead atoms. The molecule has 0 N–H and O–H groups in total. The first-order valence-corrected chi connectivity index (χ1v) is 6.29. The predicted octanol–water partition coefficient (Wildman–Crippen LogP) is 4.42. The Morgan fingerprint density at radius 2 is 1.61 bits per heavy atom. The number of hydrogen-bond acceptors (Lipinski definition) is 1. The number of rotatable bonds is 5. The smallest absolute Gasteiger partial charge is 0.120 e. The van der Waals surface area contributed by atoms with Gasteiger partial charge < -0.3 is 4.74 Å². The molecule has 0 spiro atoms. The molecule has 0 amide bonds. The lowest BCUT2D eigenvalue weighted by molar-refractivity contribution is 0.306. The van der Waals surface area contributed by atoms with E-state index in [2.05, 4.69) is 44.2 Å². The number of ether oxygens (including phenoxy) is 1. The van der Waals surface area contributed by atoms with Gasteiger partial charge in [-0.2, -0.15) is 0 Å². The molecule has 2 aromatic rings. The monoisotopic (exact) mass is 239 g/mol. The molecule has 0 saturated carbocycles. The Kier molecular flexibility index (Phi) is 4.40. The first kappa shape index (κ1) is 12.7. The molecule has 1 radical (unpaired) electrons. The fraction of sp³-hybridized carbons (Fsp3) is 0.235. The van der Waals surface area contributed by atoms with Crippen LogP contribution in [0.5, 0.6) is 5.75 Å². The molecule has 0 heterocycles. The van der Waals surface area contributed by atoms with Crippen molar-refractivity contribution in [2.24, 2.45) is 0 Å². The van der Waals surface area contributed by atoms with Gasteiger partial charge in [0.25, 0.3) is 0 Å². The van der Waals surface area contributed by atoms with Gasteiger partial charge in [0.2, 0.25) is 0 Å². The lowest BCUT2D eigenvalue weighted by Crippen LogP contribution is -1.97. The van der Waals surface area contributed by atoms with E-state index >= 15 is 0 Å². The minimum atomic E-state index is 0.624. The Balaban J connectivity index is 1.97. The molecule has 0 aliphatic carbocycles. The highest BCUT2D eigenvalue weighted by molar-refractivity contribution is 5.30. The number of hydrogen-bond donors (Lipinski definition) is 0. The van der Waals surface area contributed by atoms with Gasteiger partial charge in [-0.25, -0.2) is 0 Å². The minimum Gasteiger partial charge on any atom is -0.489 e. The van der Waals surface area contributed by atoms with Gasteiger partial charge >= 0.3 is 0 Å². The van der Waals surface area contributed by atoms with Crippen molar-refractivity contribution in [1.82, 2.24) is 0 Å². The Morgan fingerprint density at radius 1 is 0.889 bits per heavy atom. The normalized spacial score (nSPS) is 10.6. The van der Waals surface area contributed by atoms with Gasteiger partial charge in [0.15, 0.2) is 0 Å². The van der Waals surface area contributed by atoms with Crippen LogP contribution < -0.4 is 4.74 Å². The van der Waals surface area contributed by atoms with Gasteiger partial charge in [0.05, 0.1) is 0 Å². The van der Waals surface area contributed by atoms with Gasteiger partial charge in [-0.15, -0.1) is 0 Å². The van der Waals surface area contributed by atoms with E-state index in [9.17, 15) is 0 Å². The van der Waals surface area contributed by atoms with Crippen LogP contribution in [0, 0.1) is 5.92 Å². The fourth-order valence-electron chi connectivity index (χ4n) is 1.89. The molecule has 2 rings (SSSR count). The van der Waals surface area contributed by atoms with Crippen molar-refractivity contribution < 1.29 is 4.74 Å². The summed E-state index contributed by atoms with van der Waals surface area (Å²) in [6.07, 6.45) is 1.02. The van der Waals surface area contributed by atoms with Crippen LogP contribution in [0.15, 0.2) is 54.6 Å².